The summed E-state index contributed by atoms with van der Waals surface area (Å²) in [5.74, 6) is 0.248. The van der Waals surface area contributed by atoms with E-state index in [4.69, 9.17) is 0 Å². The molecule has 2 atom stereocenters. The van der Waals surface area contributed by atoms with Crippen molar-refractivity contribution in [2.75, 3.05) is 42.6 Å². The largest absolute Gasteiger partial charge is 0.360 e. The molecule has 2 N–H and O–H groups in total. The zero-order chi connectivity index (χ0) is 17.2. The topological polar surface area (TPSA) is 70.9 Å². The number of hydrogen-bond donors (Lipinski definition) is 2. The van der Waals surface area contributed by atoms with E-state index in [0.29, 0.717) is 6.42 Å². The van der Waals surface area contributed by atoms with Gasteiger partial charge < -0.3 is 15.1 Å². The molecule has 2 saturated heterocycles. The molecule has 0 saturated carbocycles. The molecule has 7 heteroatoms. The van der Waals surface area contributed by atoms with Crippen molar-refractivity contribution >= 4 is 21.4 Å². The van der Waals surface area contributed by atoms with Crippen molar-refractivity contribution in [1.29, 1.82) is 0 Å². The molecule has 2 fully saturated rings. The van der Waals surface area contributed by atoms with Gasteiger partial charge in [-0.15, -0.1) is 0 Å². The highest BCUT2D eigenvalue weighted by atomic mass is 32.2. The van der Waals surface area contributed by atoms with Gasteiger partial charge in [-0.1, -0.05) is 18.2 Å². The molecule has 132 valence electrons. The minimum absolute atomic E-state index is 0.0275. The van der Waals surface area contributed by atoms with Crippen molar-refractivity contribution in [2.45, 2.75) is 25.4 Å². The lowest BCUT2D eigenvalue weighted by Crippen LogP contribution is -3.19. The molecule has 0 unspecified atom stereocenters. The van der Waals surface area contributed by atoms with E-state index < -0.39 is 9.84 Å². The first-order chi connectivity index (χ1) is 11.4. The van der Waals surface area contributed by atoms with Gasteiger partial charge >= 0.3 is 0 Å². The summed E-state index contributed by atoms with van der Waals surface area (Å²) in [7, 11) is -2.96. The minimum Gasteiger partial charge on any atom is -0.360 e. The summed E-state index contributed by atoms with van der Waals surface area (Å²) < 4.78 is 23.0. The van der Waals surface area contributed by atoms with Crippen LogP contribution < -0.4 is 15.1 Å². The normalized spacial score (nSPS) is 25.4. The summed E-state index contributed by atoms with van der Waals surface area (Å²) in [6, 6.07) is 9.96. The third-order valence-corrected chi connectivity index (χ3v) is 6.88. The van der Waals surface area contributed by atoms with E-state index in [2.05, 4.69) is 22.3 Å². The van der Waals surface area contributed by atoms with Crippen molar-refractivity contribution in [1.82, 2.24) is 5.32 Å². The third kappa shape index (κ3) is 4.08. The predicted molar refractivity (Wildman–Crippen MR) is 94.0 cm³/mol. The highest BCUT2D eigenvalue weighted by Crippen LogP contribution is 2.13. The Hall–Kier alpha value is -1.60. The van der Waals surface area contributed by atoms with E-state index in [1.807, 2.05) is 25.1 Å². The Labute approximate surface area is 143 Å². The summed E-state index contributed by atoms with van der Waals surface area (Å²) in [5.41, 5.74) is 1.23. The lowest BCUT2D eigenvalue weighted by atomic mass is 10.1. The number of carbonyl (C=O) groups is 1. The van der Waals surface area contributed by atoms with E-state index >= 15 is 0 Å². The van der Waals surface area contributed by atoms with Crippen LogP contribution in [0.25, 0.3) is 0 Å². The van der Waals surface area contributed by atoms with Crippen molar-refractivity contribution in [3.63, 3.8) is 0 Å². The van der Waals surface area contributed by atoms with Crippen LogP contribution in [0.5, 0.6) is 0 Å². The number of piperazine rings is 1. The Bertz CT molecular complexity index is 670. The number of benzene rings is 1. The lowest BCUT2D eigenvalue weighted by molar-refractivity contribution is -0.914. The van der Waals surface area contributed by atoms with Crippen LogP contribution in [-0.2, 0) is 14.6 Å². The maximum absolute atomic E-state index is 12.4. The number of amides is 1. The van der Waals surface area contributed by atoms with E-state index in [1.165, 1.54) is 10.6 Å². The molecule has 0 aromatic heterocycles. The monoisotopic (exact) mass is 352 g/mol. The van der Waals surface area contributed by atoms with Crippen LogP contribution in [0.15, 0.2) is 30.3 Å². The van der Waals surface area contributed by atoms with Gasteiger partial charge in [-0.3, -0.25) is 4.79 Å². The molecule has 0 radical (unpaired) electrons. The Morgan fingerprint density at radius 1 is 1.25 bits per heavy atom. The maximum Gasteiger partial charge on any atom is 0.278 e. The molecule has 1 amide bonds. The number of anilines is 1. The van der Waals surface area contributed by atoms with Crippen LogP contribution >= 0.6 is 0 Å². The summed E-state index contributed by atoms with van der Waals surface area (Å²) >= 11 is 0. The SMILES string of the molecule is C[C@H](C(=O)N[C@@H]1CCS(=O)(=O)C1)[NH+]1CCN(c2ccccc2)CC1. The second-order valence-corrected chi connectivity index (χ2v) is 9.04. The van der Waals surface area contributed by atoms with Crippen molar-refractivity contribution in [3.8, 4) is 0 Å². The van der Waals surface area contributed by atoms with Crippen LogP contribution in [0, 0.1) is 0 Å². The first-order valence-electron chi connectivity index (χ1n) is 8.60. The lowest BCUT2D eigenvalue weighted by Gasteiger charge is -2.36. The smallest absolute Gasteiger partial charge is 0.278 e. The van der Waals surface area contributed by atoms with Crippen LogP contribution in [0.4, 0.5) is 5.69 Å². The zero-order valence-corrected chi connectivity index (χ0v) is 14.9. The Morgan fingerprint density at radius 2 is 1.92 bits per heavy atom. The summed E-state index contributed by atoms with van der Waals surface area (Å²) in [6.45, 7) is 5.61. The first kappa shape index (κ1) is 17.2. The molecule has 24 heavy (non-hydrogen) atoms. The molecular formula is C17H26N3O3S+. The van der Waals surface area contributed by atoms with Crippen LogP contribution in [0.3, 0.4) is 0 Å². The first-order valence-corrected chi connectivity index (χ1v) is 10.4. The van der Waals surface area contributed by atoms with Gasteiger partial charge in [0.1, 0.15) is 0 Å². The Balaban J connectivity index is 1.50. The number of rotatable bonds is 4. The third-order valence-electron chi connectivity index (χ3n) is 5.11. The van der Waals surface area contributed by atoms with Gasteiger partial charge in [-0.2, -0.15) is 0 Å². The van der Waals surface area contributed by atoms with Gasteiger partial charge in [0.25, 0.3) is 5.91 Å². The molecule has 0 spiro atoms. The zero-order valence-electron chi connectivity index (χ0n) is 14.1. The van der Waals surface area contributed by atoms with Crippen molar-refractivity contribution in [3.05, 3.63) is 30.3 Å². The maximum atomic E-state index is 12.4. The number of nitrogens with zero attached hydrogens (tertiary/aromatic N) is 1. The van der Waals surface area contributed by atoms with Gasteiger partial charge in [0.05, 0.1) is 37.7 Å². The van der Waals surface area contributed by atoms with Crippen LogP contribution in [0.2, 0.25) is 0 Å². The fourth-order valence-electron chi connectivity index (χ4n) is 3.54. The Kier molecular flexibility index (Phi) is 5.10. The predicted octanol–water partition coefficient (Wildman–Crippen LogP) is -0.917. The Morgan fingerprint density at radius 3 is 2.50 bits per heavy atom. The molecule has 2 heterocycles. The van der Waals surface area contributed by atoms with Gasteiger partial charge in [0.2, 0.25) is 0 Å². The van der Waals surface area contributed by atoms with E-state index in [0.717, 1.165) is 26.2 Å². The van der Waals surface area contributed by atoms with Crippen molar-refractivity contribution < 1.29 is 18.1 Å². The average Bonchev–Trinajstić information content (AvgIpc) is 2.93. The molecule has 1 aromatic rings. The van der Waals surface area contributed by atoms with Gasteiger partial charge in [0.15, 0.2) is 15.9 Å². The minimum atomic E-state index is -2.96. The fourth-order valence-corrected chi connectivity index (χ4v) is 5.22. The van der Waals surface area contributed by atoms with Crippen molar-refractivity contribution in [2.24, 2.45) is 0 Å². The second-order valence-electron chi connectivity index (χ2n) is 6.81. The number of carbonyl (C=O) groups excluding carboxylic acids is 1. The van der Waals surface area contributed by atoms with Crippen LogP contribution in [-0.4, -0.2) is 64.1 Å². The molecule has 0 bridgehead atoms. The van der Waals surface area contributed by atoms with E-state index in [9.17, 15) is 13.2 Å². The molecule has 2 aliphatic rings. The molecule has 6 nitrogen and oxygen atoms in total. The standard InChI is InChI=1S/C17H25N3O3S/c1-14(17(21)18-15-7-12-24(22,23)13-15)19-8-10-20(11-9-19)16-5-3-2-4-6-16/h2-6,14-15H,7-13H2,1H3,(H,18,21)/p+1/t14-,15-/m1/s1. The number of hydrogen-bond acceptors (Lipinski definition) is 4. The number of sulfone groups is 1. The molecule has 0 aliphatic carbocycles. The fraction of sp³-hybridized carbons (Fsp3) is 0.588. The summed E-state index contributed by atoms with van der Waals surface area (Å²) in [5, 5.41) is 2.92. The highest BCUT2D eigenvalue weighted by molar-refractivity contribution is 7.91. The van der Waals surface area contributed by atoms with Crippen LogP contribution in [0.1, 0.15) is 13.3 Å². The molecular weight excluding hydrogens is 326 g/mol. The second kappa shape index (κ2) is 7.11. The van der Waals surface area contributed by atoms with Gasteiger partial charge in [-0.05, 0) is 25.5 Å². The quantitative estimate of drug-likeness (QED) is 0.736. The van der Waals surface area contributed by atoms with E-state index in [1.54, 1.807) is 0 Å². The average molecular weight is 352 g/mol. The van der Waals surface area contributed by atoms with Gasteiger partial charge in [-0.25, -0.2) is 8.42 Å². The van der Waals surface area contributed by atoms with Gasteiger partial charge in [0, 0.05) is 11.7 Å². The summed E-state index contributed by atoms with van der Waals surface area (Å²) in [6.07, 6.45) is 0.540. The number of quaternary nitrogens is 1. The van der Waals surface area contributed by atoms with E-state index in [-0.39, 0.29) is 29.5 Å². The molecule has 3 rings (SSSR count). The summed E-state index contributed by atoms with van der Waals surface area (Å²) in [4.78, 5) is 16.0. The molecule has 2 aliphatic heterocycles. The number of para-hydroxylation sites is 1. The highest BCUT2D eigenvalue weighted by Gasteiger charge is 2.33. The number of nitrogens with one attached hydrogen (secondary N) is 2. The molecule has 1 aromatic carbocycles.